The van der Waals surface area contributed by atoms with E-state index in [0.717, 1.165) is 5.56 Å². The number of benzene rings is 1. The number of hydrogen-bond acceptors (Lipinski definition) is 2. The van der Waals surface area contributed by atoms with E-state index in [1.165, 1.54) is 0 Å². The first kappa shape index (κ1) is 14.9. The van der Waals surface area contributed by atoms with E-state index in [1.807, 2.05) is 12.1 Å². The molecule has 108 valence electrons. The van der Waals surface area contributed by atoms with Gasteiger partial charge in [-0.2, -0.15) is 0 Å². The van der Waals surface area contributed by atoms with Gasteiger partial charge in [-0.1, -0.05) is 12.1 Å². The predicted octanol–water partition coefficient (Wildman–Crippen LogP) is 2.12. The van der Waals surface area contributed by atoms with Crippen LogP contribution >= 0.6 is 11.6 Å². The van der Waals surface area contributed by atoms with Crippen molar-refractivity contribution >= 4 is 23.4 Å². The Morgan fingerprint density at radius 3 is 2.40 bits per heavy atom. The number of likely N-dealkylation sites (N-methyl/N-ethyl adjacent to an activating group) is 1. The Hall–Kier alpha value is -1.55. The van der Waals surface area contributed by atoms with Crippen molar-refractivity contribution in [1.29, 1.82) is 0 Å². The highest BCUT2D eigenvalue weighted by Crippen LogP contribution is 2.24. The van der Waals surface area contributed by atoms with Crippen LogP contribution in [-0.2, 0) is 10.7 Å². The van der Waals surface area contributed by atoms with Crippen LogP contribution in [0.4, 0.5) is 0 Å². The number of carbonyl (C=O) groups excluding carboxylic acids is 2. The van der Waals surface area contributed by atoms with Crippen LogP contribution in [0.1, 0.15) is 29.8 Å². The molecule has 1 heterocycles. The summed E-state index contributed by atoms with van der Waals surface area (Å²) in [5, 5.41) is 0. The highest BCUT2D eigenvalue weighted by molar-refractivity contribution is 6.17. The summed E-state index contributed by atoms with van der Waals surface area (Å²) in [6.07, 6.45) is 0. The van der Waals surface area contributed by atoms with Gasteiger partial charge in [0, 0.05) is 31.6 Å². The lowest BCUT2D eigenvalue weighted by Crippen LogP contribution is -2.63. The van der Waals surface area contributed by atoms with Crippen LogP contribution in [0.5, 0.6) is 0 Å². The molecule has 1 aromatic carbocycles. The molecule has 0 aromatic heterocycles. The van der Waals surface area contributed by atoms with Gasteiger partial charge in [0.25, 0.3) is 5.91 Å². The van der Waals surface area contributed by atoms with Crippen molar-refractivity contribution in [3.8, 4) is 0 Å². The van der Waals surface area contributed by atoms with Crippen molar-refractivity contribution in [2.45, 2.75) is 25.3 Å². The summed E-state index contributed by atoms with van der Waals surface area (Å²) in [7, 11) is 1.77. The van der Waals surface area contributed by atoms with Gasteiger partial charge in [-0.15, -0.1) is 11.6 Å². The second-order valence-corrected chi connectivity index (χ2v) is 5.84. The van der Waals surface area contributed by atoms with Gasteiger partial charge in [0.1, 0.15) is 5.54 Å². The maximum Gasteiger partial charge on any atom is 0.254 e. The molecule has 1 fully saturated rings. The van der Waals surface area contributed by atoms with E-state index in [0.29, 0.717) is 24.5 Å². The molecule has 1 aliphatic rings. The van der Waals surface area contributed by atoms with E-state index in [1.54, 1.807) is 42.8 Å². The predicted molar refractivity (Wildman–Crippen MR) is 78.8 cm³/mol. The maximum atomic E-state index is 12.6. The molecule has 0 spiro atoms. The van der Waals surface area contributed by atoms with Crippen LogP contribution < -0.4 is 0 Å². The number of carbonyl (C=O) groups is 2. The number of hydrogen-bond donors (Lipinski definition) is 0. The van der Waals surface area contributed by atoms with Crippen molar-refractivity contribution in [2.24, 2.45) is 0 Å². The number of amides is 2. The molecule has 0 radical (unpaired) electrons. The molecule has 20 heavy (non-hydrogen) atoms. The summed E-state index contributed by atoms with van der Waals surface area (Å²) in [6, 6.07) is 7.20. The zero-order chi connectivity index (χ0) is 14.9. The molecule has 0 saturated carbocycles. The summed E-state index contributed by atoms with van der Waals surface area (Å²) >= 11 is 5.74. The number of alkyl halides is 1. The second kappa shape index (κ2) is 5.44. The Balaban J connectivity index is 2.25. The zero-order valence-electron chi connectivity index (χ0n) is 12.0. The van der Waals surface area contributed by atoms with Crippen molar-refractivity contribution in [2.75, 3.05) is 20.1 Å². The Morgan fingerprint density at radius 1 is 1.25 bits per heavy atom. The number of halogens is 1. The summed E-state index contributed by atoms with van der Waals surface area (Å²) in [5.41, 5.74) is 0.746. The highest BCUT2D eigenvalue weighted by Gasteiger charge is 2.43. The molecular weight excluding hydrogens is 276 g/mol. The molecule has 1 saturated heterocycles. The molecule has 0 aliphatic carbocycles. The smallest absolute Gasteiger partial charge is 0.254 e. The minimum atomic E-state index is -0.810. The molecule has 0 unspecified atom stereocenters. The van der Waals surface area contributed by atoms with Gasteiger partial charge < -0.3 is 9.80 Å². The summed E-state index contributed by atoms with van der Waals surface area (Å²) in [4.78, 5) is 28.1. The van der Waals surface area contributed by atoms with E-state index in [-0.39, 0.29) is 11.8 Å². The minimum Gasteiger partial charge on any atom is -0.342 e. The normalized spacial score (nSPS) is 18.3. The molecule has 5 heteroatoms. The van der Waals surface area contributed by atoms with Crippen LogP contribution in [0.2, 0.25) is 0 Å². The topological polar surface area (TPSA) is 40.6 Å². The number of rotatable bonds is 2. The van der Waals surface area contributed by atoms with E-state index >= 15 is 0 Å². The third kappa shape index (κ3) is 2.52. The van der Waals surface area contributed by atoms with Gasteiger partial charge in [-0.25, -0.2) is 0 Å². The lowest BCUT2D eigenvalue weighted by Gasteiger charge is -2.44. The monoisotopic (exact) mass is 294 g/mol. The Morgan fingerprint density at radius 2 is 1.85 bits per heavy atom. The molecule has 1 aliphatic heterocycles. The fourth-order valence-electron chi connectivity index (χ4n) is 2.46. The second-order valence-electron chi connectivity index (χ2n) is 5.57. The van der Waals surface area contributed by atoms with Crippen LogP contribution in [0.3, 0.4) is 0 Å². The van der Waals surface area contributed by atoms with Gasteiger partial charge in [0.15, 0.2) is 0 Å². The average molecular weight is 295 g/mol. The molecule has 2 rings (SSSR count). The van der Waals surface area contributed by atoms with E-state index in [2.05, 4.69) is 0 Å². The van der Waals surface area contributed by atoms with Gasteiger partial charge in [-0.05, 0) is 31.5 Å². The van der Waals surface area contributed by atoms with Crippen LogP contribution in [0, 0.1) is 0 Å². The fourth-order valence-corrected chi connectivity index (χ4v) is 2.64. The molecule has 2 amide bonds. The van der Waals surface area contributed by atoms with Crippen molar-refractivity contribution in [3.05, 3.63) is 35.4 Å². The Bertz CT molecular complexity index is 525. The van der Waals surface area contributed by atoms with E-state index in [9.17, 15) is 9.59 Å². The third-order valence-electron chi connectivity index (χ3n) is 3.80. The van der Waals surface area contributed by atoms with Gasteiger partial charge in [0.05, 0.1) is 0 Å². The van der Waals surface area contributed by atoms with Crippen LogP contribution in [0.15, 0.2) is 24.3 Å². The fraction of sp³-hybridized carbons (Fsp3) is 0.467. The minimum absolute atomic E-state index is 0.0329. The van der Waals surface area contributed by atoms with Crippen molar-refractivity contribution in [1.82, 2.24) is 9.80 Å². The number of piperazine rings is 1. The average Bonchev–Trinajstić information content (AvgIpc) is 2.44. The third-order valence-corrected chi connectivity index (χ3v) is 4.11. The molecule has 4 nitrogen and oxygen atoms in total. The summed E-state index contributed by atoms with van der Waals surface area (Å²) in [5.74, 6) is 0.277. The zero-order valence-corrected chi connectivity index (χ0v) is 12.8. The molecule has 0 N–H and O–H groups in total. The first-order valence-electron chi connectivity index (χ1n) is 6.60. The quantitative estimate of drug-likeness (QED) is 0.784. The van der Waals surface area contributed by atoms with Gasteiger partial charge in [0.2, 0.25) is 5.91 Å². The highest BCUT2D eigenvalue weighted by atomic mass is 35.5. The van der Waals surface area contributed by atoms with Gasteiger partial charge in [-0.3, -0.25) is 9.59 Å². The summed E-state index contributed by atoms with van der Waals surface area (Å²) in [6.45, 7) is 4.69. The molecule has 0 atom stereocenters. The van der Waals surface area contributed by atoms with Crippen LogP contribution in [-0.4, -0.2) is 47.3 Å². The summed E-state index contributed by atoms with van der Waals surface area (Å²) < 4.78 is 0. The first-order valence-corrected chi connectivity index (χ1v) is 7.14. The van der Waals surface area contributed by atoms with E-state index in [4.69, 9.17) is 11.6 Å². The Labute approximate surface area is 124 Å². The van der Waals surface area contributed by atoms with Gasteiger partial charge >= 0.3 is 0 Å². The lowest BCUT2D eigenvalue weighted by atomic mass is 9.96. The lowest BCUT2D eigenvalue weighted by molar-refractivity contribution is -0.144. The van der Waals surface area contributed by atoms with Crippen LogP contribution in [0.25, 0.3) is 0 Å². The Kier molecular flexibility index (Phi) is 4.04. The molecule has 1 aromatic rings. The first-order chi connectivity index (χ1) is 9.37. The van der Waals surface area contributed by atoms with Crippen molar-refractivity contribution < 1.29 is 9.59 Å². The largest absolute Gasteiger partial charge is 0.342 e. The van der Waals surface area contributed by atoms with Crippen molar-refractivity contribution in [3.63, 3.8) is 0 Å². The molecule has 0 bridgehead atoms. The maximum absolute atomic E-state index is 12.6. The standard InChI is InChI=1S/C15H19ClN2O2/c1-15(2)14(20)17(3)8-9-18(15)13(19)12-6-4-11(10-16)5-7-12/h4-7H,8-10H2,1-3H3. The SMILES string of the molecule is CN1CCN(C(=O)c2ccc(CCl)cc2)C(C)(C)C1=O. The number of nitrogens with zero attached hydrogens (tertiary/aromatic N) is 2. The molecular formula is C15H19ClN2O2. The van der Waals surface area contributed by atoms with E-state index < -0.39 is 5.54 Å².